The summed E-state index contributed by atoms with van der Waals surface area (Å²) in [6.07, 6.45) is 5.34. The van der Waals surface area contributed by atoms with Gasteiger partial charge in [-0.2, -0.15) is 0 Å². The number of ether oxygens (including phenoxy) is 2. The second-order valence-corrected chi connectivity index (χ2v) is 9.76. The third-order valence-electron chi connectivity index (χ3n) is 7.22. The predicted octanol–water partition coefficient (Wildman–Crippen LogP) is 2.63. The molecule has 11 nitrogen and oxygen atoms in total. The van der Waals surface area contributed by atoms with Gasteiger partial charge in [-0.25, -0.2) is 24.7 Å². The minimum Gasteiger partial charge on any atom is -0.377 e. The van der Waals surface area contributed by atoms with Crippen LogP contribution in [-0.4, -0.2) is 77.6 Å². The number of carbonyl (C=O) groups excluding carboxylic acids is 1. The van der Waals surface area contributed by atoms with Gasteiger partial charge in [0, 0.05) is 42.3 Å². The van der Waals surface area contributed by atoms with Crippen LogP contribution >= 0.6 is 0 Å². The molecule has 0 saturated carbocycles. The Kier molecular flexibility index (Phi) is 7.02. The molecule has 0 aliphatic carbocycles. The van der Waals surface area contributed by atoms with Gasteiger partial charge in [-0.15, -0.1) is 0 Å². The average molecular weight is 517 g/mol. The highest BCUT2D eigenvalue weighted by atomic mass is 16.5. The third-order valence-corrected chi connectivity index (χ3v) is 7.22. The van der Waals surface area contributed by atoms with Gasteiger partial charge >= 0.3 is 6.03 Å². The number of rotatable bonds is 6. The molecule has 3 aliphatic rings. The van der Waals surface area contributed by atoms with E-state index >= 15 is 0 Å². The fourth-order valence-electron chi connectivity index (χ4n) is 5.05. The number of aromatic nitrogens is 4. The van der Waals surface area contributed by atoms with Crippen LogP contribution in [0.2, 0.25) is 0 Å². The molecule has 2 aromatic heterocycles. The van der Waals surface area contributed by atoms with Gasteiger partial charge in [0.05, 0.1) is 50.7 Å². The van der Waals surface area contributed by atoms with Crippen LogP contribution in [0.1, 0.15) is 24.6 Å². The third kappa shape index (κ3) is 5.11. The summed E-state index contributed by atoms with van der Waals surface area (Å²) in [5.41, 5.74) is 3.78. The molecule has 3 aliphatic heterocycles. The Morgan fingerprint density at radius 3 is 2.61 bits per heavy atom. The number of nitrogens with one attached hydrogen (secondary N) is 2. The molecule has 5 heterocycles. The van der Waals surface area contributed by atoms with E-state index in [2.05, 4.69) is 37.3 Å². The molecule has 2 N–H and O–H groups in total. The number of carbonyl (C=O) groups is 1. The first-order valence-electron chi connectivity index (χ1n) is 13.2. The summed E-state index contributed by atoms with van der Waals surface area (Å²) in [6.45, 7) is 6.91. The minimum atomic E-state index is -0.237. The zero-order chi connectivity index (χ0) is 25.9. The summed E-state index contributed by atoms with van der Waals surface area (Å²) in [4.78, 5) is 35.8. The summed E-state index contributed by atoms with van der Waals surface area (Å²) < 4.78 is 10.9. The van der Waals surface area contributed by atoms with Crippen LogP contribution in [0.4, 0.5) is 22.2 Å². The summed E-state index contributed by atoms with van der Waals surface area (Å²) in [5, 5.41) is 5.77. The molecule has 1 aromatic carbocycles. The molecule has 38 heavy (non-hydrogen) atoms. The Morgan fingerprint density at radius 1 is 1.05 bits per heavy atom. The number of hydrogen-bond acceptors (Lipinski definition) is 9. The normalized spacial score (nSPS) is 19.4. The Morgan fingerprint density at radius 2 is 1.87 bits per heavy atom. The van der Waals surface area contributed by atoms with E-state index in [0.29, 0.717) is 50.4 Å². The van der Waals surface area contributed by atoms with Crippen molar-refractivity contribution in [3.63, 3.8) is 0 Å². The fourth-order valence-corrected chi connectivity index (χ4v) is 5.05. The number of benzene rings is 1. The summed E-state index contributed by atoms with van der Waals surface area (Å²) in [6, 6.07) is 9.59. The lowest BCUT2D eigenvalue weighted by Gasteiger charge is -2.39. The zero-order valence-electron chi connectivity index (χ0n) is 21.5. The van der Waals surface area contributed by atoms with E-state index in [0.717, 1.165) is 43.0 Å². The lowest BCUT2D eigenvalue weighted by atomic mass is 10.0. The maximum Gasteiger partial charge on any atom is 0.319 e. The van der Waals surface area contributed by atoms with E-state index in [-0.39, 0.29) is 18.1 Å². The maximum atomic E-state index is 12.2. The van der Waals surface area contributed by atoms with Crippen LogP contribution in [0.25, 0.3) is 11.4 Å². The van der Waals surface area contributed by atoms with Crippen LogP contribution in [0.15, 0.2) is 42.7 Å². The number of urea groups is 1. The monoisotopic (exact) mass is 516 g/mol. The van der Waals surface area contributed by atoms with Gasteiger partial charge in [0.2, 0.25) is 5.95 Å². The summed E-state index contributed by atoms with van der Waals surface area (Å²) in [7, 11) is 0. The highest BCUT2D eigenvalue weighted by Crippen LogP contribution is 2.33. The topological polar surface area (TPSA) is 118 Å². The molecule has 11 heteroatoms. The van der Waals surface area contributed by atoms with Crippen molar-refractivity contribution >= 4 is 23.5 Å². The smallest absolute Gasteiger partial charge is 0.319 e. The van der Waals surface area contributed by atoms with Gasteiger partial charge in [0.25, 0.3) is 0 Å². The molecular weight excluding hydrogens is 484 g/mol. The molecule has 1 atom stereocenters. The number of hydrogen-bond donors (Lipinski definition) is 2. The maximum absolute atomic E-state index is 12.2. The van der Waals surface area contributed by atoms with E-state index in [9.17, 15) is 4.79 Å². The Hall–Kier alpha value is -3.83. The van der Waals surface area contributed by atoms with Gasteiger partial charge in [-0.3, -0.25) is 0 Å². The first-order valence-corrected chi connectivity index (χ1v) is 13.2. The van der Waals surface area contributed by atoms with Crippen molar-refractivity contribution in [2.24, 2.45) is 0 Å². The predicted molar refractivity (Wildman–Crippen MR) is 143 cm³/mol. The molecule has 0 radical (unpaired) electrons. The number of anilines is 3. The second-order valence-electron chi connectivity index (χ2n) is 9.76. The minimum absolute atomic E-state index is 0.0737. The highest BCUT2D eigenvalue weighted by Gasteiger charge is 2.30. The standard InChI is InChI=1S/C27H32N8O3/c1-2-21-17-37-13-12-35(21)25-22-8-11-34(26-28-9-3-10-29-26)14-23(22)32-24(33-25)18-4-6-19(7-5-18)30-27(36)31-20-15-38-16-20/h3-7,9-10,20-21H,2,8,11-17H2,1H3,(H2,30,31,36). The van der Waals surface area contributed by atoms with Crippen LogP contribution < -0.4 is 20.4 Å². The number of nitrogens with zero attached hydrogens (tertiary/aromatic N) is 6. The van der Waals surface area contributed by atoms with Crippen molar-refractivity contribution in [1.82, 2.24) is 25.3 Å². The molecule has 2 amide bonds. The Bertz CT molecular complexity index is 1270. The molecular formula is C27H32N8O3. The van der Waals surface area contributed by atoms with Crippen LogP contribution in [0.5, 0.6) is 0 Å². The molecule has 3 aromatic rings. The lowest BCUT2D eigenvalue weighted by Crippen LogP contribution is -2.49. The van der Waals surface area contributed by atoms with Gasteiger partial charge in [0.15, 0.2) is 5.82 Å². The van der Waals surface area contributed by atoms with Crippen molar-refractivity contribution in [3.05, 3.63) is 54.0 Å². The first-order chi connectivity index (χ1) is 18.7. The lowest BCUT2D eigenvalue weighted by molar-refractivity contribution is 0.000735. The van der Waals surface area contributed by atoms with Gasteiger partial charge in [-0.1, -0.05) is 6.92 Å². The van der Waals surface area contributed by atoms with Crippen LogP contribution in [0.3, 0.4) is 0 Å². The second kappa shape index (κ2) is 10.9. The van der Waals surface area contributed by atoms with Crippen molar-refractivity contribution in [2.75, 3.05) is 54.6 Å². The molecule has 0 bridgehead atoms. The SMILES string of the molecule is CCC1COCCN1c1nc(-c2ccc(NC(=O)NC3COC3)cc2)nc2c1CCN(c1ncccn1)C2. The Balaban J connectivity index is 1.30. The summed E-state index contributed by atoms with van der Waals surface area (Å²) in [5.74, 6) is 2.37. The fraction of sp³-hybridized carbons (Fsp3) is 0.444. The van der Waals surface area contributed by atoms with Crippen LogP contribution in [0, 0.1) is 0 Å². The molecule has 198 valence electrons. The van der Waals surface area contributed by atoms with E-state index < -0.39 is 0 Å². The summed E-state index contributed by atoms with van der Waals surface area (Å²) >= 11 is 0. The number of fused-ring (bicyclic) bond motifs is 1. The molecule has 0 spiro atoms. The molecule has 2 saturated heterocycles. The van der Waals surface area contributed by atoms with Gasteiger partial charge in [-0.05, 0) is 43.2 Å². The average Bonchev–Trinajstić information content (AvgIpc) is 2.95. The quantitative estimate of drug-likeness (QED) is 0.510. The highest BCUT2D eigenvalue weighted by molar-refractivity contribution is 5.89. The van der Waals surface area contributed by atoms with Gasteiger partial charge in [0.1, 0.15) is 5.82 Å². The largest absolute Gasteiger partial charge is 0.377 e. The molecule has 6 rings (SSSR count). The Labute approximate surface area is 221 Å². The van der Waals surface area contributed by atoms with Crippen LogP contribution in [-0.2, 0) is 22.4 Å². The number of morpholine rings is 1. The molecule has 2 fully saturated rings. The van der Waals surface area contributed by atoms with E-state index in [1.54, 1.807) is 12.4 Å². The van der Waals surface area contributed by atoms with E-state index in [4.69, 9.17) is 19.4 Å². The van der Waals surface area contributed by atoms with Crippen molar-refractivity contribution in [3.8, 4) is 11.4 Å². The zero-order valence-corrected chi connectivity index (χ0v) is 21.5. The van der Waals surface area contributed by atoms with E-state index in [1.165, 1.54) is 5.56 Å². The van der Waals surface area contributed by atoms with E-state index in [1.807, 2.05) is 30.3 Å². The van der Waals surface area contributed by atoms with Gasteiger partial charge < -0.3 is 29.9 Å². The number of amides is 2. The van der Waals surface area contributed by atoms with Crippen molar-refractivity contribution in [1.29, 1.82) is 0 Å². The molecule has 1 unspecified atom stereocenters. The first kappa shape index (κ1) is 24.5. The van der Waals surface area contributed by atoms with Crippen molar-refractivity contribution in [2.45, 2.75) is 38.4 Å². The van der Waals surface area contributed by atoms with Crippen molar-refractivity contribution < 1.29 is 14.3 Å².